The van der Waals surface area contributed by atoms with Gasteiger partial charge in [-0.3, -0.25) is 24.0 Å². The van der Waals surface area contributed by atoms with E-state index in [2.05, 4.69) is 45.2 Å². The van der Waals surface area contributed by atoms with Crippen LogP contribution in [0.15, 0.2) is 54.6 Å². The van der Waals surface area contributed by atoms with E-state index in [1.165, 1.54) is 10.5 Å². The Morgan fingerprint density at radius 3 is 2.37 bits per heavy atom. The van der Waals surface area contributed by atoms with Gasteiger partial charge in [-0.25, -0.2) is 0 Å². The predicted molar refractivity (Wildman–Crippen MR) is 158 cm³/mol. The molecular formula is C33H39N5O3. The number of carbonyl (C=O) groups excluding carboxylic acids is 3. The smallest absolute Gasteiger partial charge is 0.263 e. The van der Waals surface area contributed by atoms with Crippen molar-refractivity contribution in [1.29, 1.82) is 0 Å². The lowest BCUT2D eigenvalue weighted by molar-refractivity contribution is -0.136. The third-order valence-corrected chi connectivity index (χ3v) is 9.11. The highest BCUT2D eigenvalue weighted by atomic mass is 16.2. The molecule has 0 N–H and O–H groups in total. The lowest BCUT2D eigenvalue weighted by Crippen LogP contribution is -2.43. The molecule has 3 aliphatic rings. The van der Waals surface area contributed by atoms with Crippen LogP contribution in [-0.4, -0.2) is 70.0 Å². The third kappa shape index (κ3) is 5.39. The number of imide groups is 1. The van der Waals surface area contributed by atoms with Gasteiger partial charge in [-0.15, -0.1) is 0 Å². The summed E-state index contributed by atoms with van der Waals surface area (Å²) >= 11 is 0. The summed E-state index contributed by atoms with van der Waals surface area (Å²) in [7, 11) is 0. The van der Waals surface area contributed by atoms with E-state index in [1.54, 1.807) is 6.07 Å². The molecule has 1 aromatic heterocycles. The largest absolute Gasteiger partial charge is 0.371 e. The fraction of sp³-hybridized carbons (Fsp3) is 0.455. The summed E-state index contributed by atoms with van der Waals surface area (Å²) in [5.74, 6) is 0.318. The number of hydrogen-bond donors (Lipinski definition) is 0. The van der Waals surface area contributed by atoms with Crippen molar-refractivity contribution in [3.8, 4) is 0 Å². The van der Waals surface area contributed by atoms with Crippen LogP contribution in [0.25, 0.3) is 0 Å². The van der Waals surface area contributed by atoms with E-state index < -0.39 is 0 Å². The Labute approximate surface area is 241 Å². The van der Waals surface area contributed by atoms with Crippen LogP contribution < -0.4 is 4.90 Å². The highest BCUT2D eigenvalue weighted by molar-refractivity contribution is 6.23. The molecule has 3 amide bonds. The number of nitrogens with zero attached hydrogens (tertiary/aromatic N) is 5. The molecule has 0 spiro atoms. The standard InChI is InChI=1S/C33H39N5O3/c1-23-22-24(2)38(34-23)21-20-37-32(40)28-11-6-12-29(30(28)33(37)41)35-17-14-27(15-18-35)31(39)36-16-7-10-26(13-19-36)25-8-4-3-5-9-25/h3-6,8-9,11-12,22,26-27H,7,10,13-21H2,1-2H3. The number of rotatable bonds is 6. The Morgan fingerprint density at radius 1 is 0.854 bits per heavy atom. The van der Waals surface area contributed by atoms with Gasteiger partial charge < -0.3 is 9.80 Å². The third-order valence-electron chi connectivity index (χ3n) is 9.11. The summed E-state index contributed by atoms with van der Waals surface area (Å²) < 4.78 is 1.84. The second-order valence-electron chi connectivity index (χ2n) is 11.7. The fourth-order valence-corrected chi connectivity index (χ4v) is 6.88. The van der Waals surface area contributed by atoms with Crippen LogP contribution in [0.2, 0.25) is 0 Å². The number of likely N-dealkylation sites (tertiary alicyclic amines) is 1. The Bertz CT molecular complexity index is 1440. The average Bonchev–Trinajstić information content (AvgIpc) is 3.31. The van der Waals surface area contributed by atoms with Gasteiger partial charge >= 0.3 is 0 Å². The number of hydrogen-bond acceptors (Lipinski definition) is 5. The Kier molecular flexibility index (Phi) is 7.65. The van der Waals surface area contributed by atoms with E-state index in [-0.39, 0.29) is 30.2 Å². The molecule has 0 radical (unpaired) electrons. The normalized spacial score (nSPS) is 20.0. The summed E-state index contributed by atoms with van der Waals surface area (Å²) in [5, 5.41) is 4.47. The summed E-state index contributed by atoms with van der Waals surface area (Å²) in [6.07, 6.45) is 4.68. The van der Waals surface area contributed by atoms with Crippen molar-refractivity contribution in [3.63, 3.8) is 0 Å². The van der Waals surface area contributed by atoms with Crippen molar-refractivity contribution in [2.24, 2.45) is 5.92 Å². The zero-order valence-electron chi connectivity index (χ0n) is 24.1. The first kappa shape index (κ1) is 27.2. The first-order valence-electron chi connectivity index (χ1n) is 15.0. The number of aryl methyl sites for hydroxylation is 2. The average molecular weight is 554 g/mol. The molecule has 2 saturated heterocycles. The van der Waals surface area contributed by atoms with Crippen molar-refractivity contribution in [2.45, 2.75) is 58.4 Å². The predicted octanol–water partition coefficient (Wildman–Crippen LogP) is 4.81. The highest BCUT2D eigenvalue weighted by Gasteiger charge is 2.39. The quantitative estimate of drug-likeness (QED) is 0.410. The molecule has 3 aromatic rings. The zero-order chi connectivity index (χ0) is 28.5. The van der Waals surface area contributed by atoms with Crippen LogP contribution >= 0.6 is 0 Å². The summed E-state index contributed by atoms with van der Waals surface area (Å²) in [5.41, 5.74) is 5.07. The molecule has 0 saturated carbocycles. The second-order valence-corrected chi connectivity index (χ2v) is 11.7. The number of benzene rings is 2. The van der Waals surface area contributed by atoms with E-state index in [9.17, 15) is 14.4 Å². The van der Waals surface area contributed by atoms with Crippen LogP contribution in [0.1, 0.15) is 75.7 Å². The van der Waals surface area contributed by atoms with Crippen molar-refractivity contribution in [3.05, 3.63) is 82.7 Å². The van der Waals surface area contributed by atoms with E-state index in [0.717, 1.165) is 62.3 Å². The van der Waals surface area contributed by atoms with Crippen LogP contribution in [-0.2, 0) is 11.3 Å². The molecule has 1 unspecified atom stereocenters. The van der Waals surface area contributed by atoms with Gasteiger partial charge in [0, 0.05) is 44.3 Å². The van der Waals surface area contributed by atoms with Crippen molar-refractivity contribution in [1.82, 2.24) is 19.6 Å². The number of piperidine rings is 1. The van der Waals surface area contributed by atoms with Crippen molar-refractivity contribution < 1.29 is 14.4 Å². The molecule has 4 heterocycles. The minimum Gasteiger partial charge on any atom is -0.371 e. The number of aromatic nitrogens is 2. The Morgan fingerprint density at radius 2 is 1.63 bits per heavy atom. The summed E-state index contributed by atoms with van der Waals surface area (Å²) in [6, 6.07) is 18.2. The minimum absolute atomic E-state index is 0.00545. The van der Waals surface area contributed by atoms with Gasteiger partial charge in [-0.1, -0.05) is 36.4 Å². The highest BCUT2D eigenvalue weighted by Crippen LogP contribution is 2.35. The van der Waals surface area contributed by atoms with Crippen LogP contribution in [0.4, 0.5) is 5.69 Å². The monoisotopic (exact) mass is 553 g/mol. The minimum atomic E-state index is -0.242. The van der Waals surface area contributed by atoms with Gasteiger partial charge in [0.05, 0.1) is 29.1 Å². The lowest BCUT2D eigenvalue weighted by Gasteiger charge is -2.36. The topological polar surface area (TPSA) is 78.8 Å². The van der Waals surface area contributed by atoms with Gasteiger partial charge in [-0.2, -0.15) is 5.10 Å². The summed E-state index contributed by atoms with van der Waals surface area (Å²) in [6.45, 7) is 7.70. The molecule has 214 valence electrons. The SMILES string of the molecule is Cc1cc(C)n(CCN2C(=O)c3cccc(N4CCC(C(=O)N5CCCC(c6ccccc6)CC5)CC4)c3C2=O)n1. The maximum Gasteiger partial charge on any atom is 0.263 e. The van der Waals surface area contributed by atoms with Gasteiger partial charge in [0.2, 0.25) is 5.91 Å². The van der Waals surface area contributed by atoms with Crippen LogP contribution in [0.3, 0.4) is 0 Å². The van der Waals surface area contributed by atoms with Crippen LogP contribution in [0.5, 0.6) is 0 Å². The molecule has 2 fully saturated rings. The first-order chi connectivity index (χ1) is 19.9. The number of carbonyl (C=O) groups is 3. The number of amides is 3. The molecule has 2 aromatic carbocycles. The van der Waals surface area contributed by atoms with E-state index >= 15 is 0 Å². The first-order valence-corrected chi connectivity index (χ1v) is 15.0. The fourth-order valence-electron chi connectivity index (χ4n) is 6.88. The number of fused-ring (bicyclic) bond motifs is 1. The Balaban J connectivity index is 1.08. The summed E-state index contributed by atoms with van der Waals surface area (Å²) in [4.78, 5) is 45.9. The van der Waals surface area contributed by atoms with E-state index in [4.69, 9.17) is 0 Å². The Hall–Kier alpha value is -3.94. The molecule has 6 rings (SSSR count). The maximum absolute atomic E-state index is 13.5. The van der Waals surface area contributed by atoms with Crippen molar-refractivity contribution >= 4 is 23.4 Å². The lowest BCUT2D eigenvalue weighted by atomic mass is 9.92. The second kappa shape index (κ2) is 11.5. The van der Waals surface area contributed by atoms with Crippen molar-refractivity contribution in [2.75, 3.05) is 37.6 Å². The zero-order valence-corrected chi connectivity index (χ0v) is 24.1. The molecule has 0 aliphatic carbocycles. The molecule has 0 bridgehead atoms. The van der Waals surface area contributed by atoms with Crippen LogP contribution in [0, 0.1) is 19.8 Å². The maximum atomic E-state index is 13.5. The number of anilines is 1. The molecular weight excluding hydrogens is 514 g/mol. The molecule has 8 heteroatoms. The molecule has 3 aliphatic heterocycles. The van der Waals surface area contributed by atoms with E-state index in [0.29, 0.717) is 36.7 Å². The van der Waals surface area contributed by atoms with Gasteiger partial charge in [0.15, 0.2) is 0 Å². The van der Waals surface area contributed by atoms with Gasteiger partial charge in [0.25, 0.3) is 11.8 Å². The van der Waals surface area contributed by atoms with E-state index in [1.807, 2.05) is 36.7 Å². The molecule has 1 atom stereocenters. The molecule has 8 nitrogen and oxygen atoms in total. The molecule has 41 heavy (non-hydrogen) atoms. The van der Waals surface area contributed by atoms with Gasteiger partial charge in [-0.05, 0) is 75.6 Å². The van der Waals surface area contributed by atoms with Gasteiger partial charge in [0.1, 0.15) is 0 Å².